The summed E-state index contributed by atoms with van der Waals surface area (Å²) in [6.07, 6.45) is 2.11. The predicted molar refractivity (Wildman–Crippen MR) is 95.7 cm³/mol. The van der Waals surface area contributed by atoms with Crippen LogP contribution in [0.1, 0.15) is 30.1 Å². The van der Waals surface area contributed by atoms with Gasteiger partial charge in [-0.2, -0.15) is 0 Å². The van der Waals surface area contributed by atoms with E-state index >= 15 is 0 Å². The lowest BCUT2D eigenvalue weighted by Crippen LogP contribution is -2.39. The van der Waals surface area contributed by atoms with E-state index in [1.807, 2.05) is 42.2 Å². The molecule has 0 unspecified atom stereocenters. The molecule has 0 spiro atoms. The number of aromatic carboxylic acids is 1. The Morgan fingerprint density at radius 1 is 1.20 bits per heavy atom. The Hall–Kier alpha value is -2.40. The first kappa shape index (κ1) is 16.1. The molecule has 1 aromatic heterocycles. The number of anilines is 1. The molecule has 5 nitrogen and oxygen atoms in total. The number of hydrogen-bond acceptors (Lipinski definition) is 4. The zero-order chi connectivity index (χ0) is 17.6. The van der Waals surface area contributed by atoms with Crippen LogP contribution in [0.3, 0.4) is 0 Å². The maximum atomic E-state index is 11.7. The Morgan fingerprint density at radius 3 is 2.56 bits per heavy atom. The molecule has 5 heteroatoms. The molecule has 2 aliphatic rings. The zero-order valence-corrected chi connectivity index (χ0v) is 14.2. The van der Waals surface area contributed by atoms with Crippen LogP contribution in [0.2, 0.25) is 0 Å². The summed E-state index contributed by atoms with van der Waals surface area (Å²) in [4.78, 5) is 18.3. The third kappa shape index (κ3) is 2.78. The fourth-order valence-electron chi connectivity index (χ4n) is 3.92. The molecule has 1 aromatic carbocycles. The van der Waals surface area contributed by atoms with E-state index in [4.69, 9.17) is 0 Å². The average Bonchev–Trinajstić information content (AvgIpc) is 3.42. The number of pyridine rings is 1. The monoisotopic (exact) mass is 338 g/mol. The molecule has 2 atom stereocenters. The summed E-state index contributed by atoms with van der Waals surface area (Å²) in [6, 6.07) is 13.1. The van der Waals surface area contributed by atoms with E-state index in [2.05, 4.69) is 4.98 Å². The molecule has 2 N–H and O–H groups in total. The van der Waals surface area contributed by atoms with Crippen LogP contribution in [0.5, 0.6) is 0 Å². The van der Waals surface area contributed by atoms with Crippen LogP contribution in [-0.4, -0.2) is 39.9 Å². The molecule has 1 aliphatic heterocycles. The summed E-state index contributed by atoms with van der Waals surface area (Å²) in [6.45, 7) is 3.11. The van der Waals surface area contributed by atoms with Crippen molar-refractivity contribution in [3.05, 3.63) is 48.0 Å². The SMILES string of the molecule is C[C@@H]1CN(c2nc(-c3ccccc3)ccc2C(=O)O)C[C@@]1(O)C1CC1. The smallest absolute Gasteiger partial charge is 0.339 e. The maximum Gasteiger partial charge on any atom is 0.339 e. The summed E-state index contributed by atoms with van der Waals surface area (Å²) < 4.78 is 0. The van der Waals surface area contributed by atoms with Gasteiger partial charge in [-0.15, -0.1) is 0 Å². The summed E-state index contributed by atoms with van der Waals surface area (Å²) in [5, 5.41) is 20.6. The lowest BCUT2D eigenvalue weighted by molar-refractivity contribution is 0.00279. The van der Waals surface area contributed by atoms with Crippen LogP contribution in [0.4, 0.5) is 5.82 Å². The normalized spacial score (nSPS) is 26.0. The van der Waals surface area contributed by atoms with Crippen LogP contribution in [0.15, 0.2) is 42.5 Å². The standard InChI is InChI=1S/C20H22N2O3/c1-13-11-22(12-20(13,25)15-7-8-15)18-16(19(23)24)9-10-17(21-18)14-5-3-2-4-6-14/h2-6,9-10,13,15,25H,7-8,11-12H2,1H3,(H,23,24)/t13-,20+/m1/s1. The van der Waals surface area contributed by atoms with Crippen molar-refractivity contribution < 1.29 is 15.0 Å². The van der Waals surface area contributed by atoms with Gasteiger partial charge in [0, 0.05) is 24.6 Å². The number of carboxylic acids is 1. The zero-order valence-electron chi connectivity index (χ0n) is 14.2. The van der Waals surface area contributed by atoms with Crippen LogP contribution in [0, 0.1) is 11.8 Å². The number of carboxylic acid groups (broad SMARTS) is 1. The Balaban J connectivity index is 1.73. The second kappa shape index (κ2) is 5.85. The topological polar surface area (TPSA) is 73.7 Å². The van der Waals surface area contributed by atoms with Crippen molar-refractivity contribution in [1.29, 1.82) is 0 Å². The quantitative estimate of drug-likeness (QED) is 0.896. The number of benzene rings is 1. The number of aliphatic hydroxyl groups is 1. The minimum Gasteiger partial charge on any atom is -0.478 e. The second-order valence-corrected chi connectivity index (χ2v) is 7.29. The largest absolute Gasteiger partial charge is 0.478 e. The van der Waals surface area contributed by atoms with Crippen molar-refractivity contribution in [3.8, 4) is 11.3 Å². The highest BCUT2D eigenvalue weighted by molar-refractivity contribution is 5.94. The third-order valence-corrected chi connectivity index (χ3v) is 5.55. The minimum absolute atomic E-state index is 0.101. The Kier molecular flexibility index (Phi) is 3.76. The van der Waals surface area contributed by atoms with E-state index in [1.165, 1.54) is 0 Å². The van der Waals surface area contributed by atoms with Gasteiger partial charge in [0.15, 0.2) is 0 Å². The van der Waals surface area contributed by atoms with Gasteiger partial charge in [-0.05, 0) is 30.9 Å². The molecule has 0 amide bonds. The van der Waals surface area contributed by atoms with Gasteiger partial charge < -0.3 is 15.1 Å². The van der Waals surface area contributed by atoms with Crippen molar-refractivity contribution in [3.63, 3.8) is 0 Å². The van der Waals surface area contributed by atoms with Crippen molar-refractivity contribution in [2.45, 2.75) is 25.4 Å². The number of rotatable bonds is 4. The highest BCUT2D eigenvalue weighted by atomic mass is 16.4. The molecule has 0 radical (unpaired) electrons. The van der Waals surface area contributed by atoms with E-state index in [0.29, 0.717) is 24.8 Å². The Bertz CT molecular complexity index is 804. The number of hydrogen-bond donors (Lipinski definition) is 2. The molecule has 25 heavy (non-hydrogen) atoms. The van der Waals surface area contributed by atoms with Crippen molar-refractivity contribution in [1.82, 2.24) is 4.98 Å². The highest BCUT2D eigenvalue weighted by Crippen LogP contribution is 2.48. The van der Waals surface area contributed by atoms with Gasteiger partial charge in [-0.3, -0.25) is 0 Å². The van der Waals surface area contributed by atoms with Gasteiger partial charge in [-0.25, -0.2) is 9.78 Å². The average molecular weight is 338 g/mol. The first-order valence-corrected chi connectivity index (χ1v) is 8.76. The fourth-order valence-corrected chi connectivity index (χ4v) is 3.92. The molecule has 2 fully saturated rings. The lowest BCUT2D eigenvalue weighted by atomic mass is 9.88. The molecule has 2 heterocycles. The maximum absolute atomic E-state index is 11.7. The van der Waals surface area contributed by atoms with Gasteiger partial charge >= 0.3 is 5.97 Å². The van der Waals surface area contributed by atoms with Crippen LogP contribution < -0.4 is 4.90 Å². The first-order chi connectivity index (χ1) is 12.0. The van der Waals surface area contributed by atoms with E-state index in [1.54, 1.807) is 12.1 Å². The molecule has 1 saturated carbocycles. The van der Waals surface area contributed by atoms with Crippen LogP contribution in [-0.2, 0) is 0 Å². The van der Waals surface area contributed by atoms with Gasteiger partial charge in [0.2, 0.25) is 0 Å². The van der Waals surface area contributed by atoms with Gasteiger partial charge in [0.25, 0.3) is 0 Å². The minimum atomic E-state index is -0.989. The highest BCUT2D eigenvalue weighted by Gasteiger charge is 2.53. The molecule has 130 valence electrons. The van der Waals surface area contributed by atoms with Crippen molar-refractivity contribution >= 4 is 11.8 Å². The molecular formula is C20H22N2O3. The third-order valence-electron chi connectivity index (χ3n) is 5.55. The van der Waals surface area contributed by atoms with E-state index < -0.39 is 11.6 Å². The van der Waals surface area contributed by atoms with Crippen molar-refractivity contribution in [2.24, 2.45) is 11.8 Å². The van der Waals surface area contributed by atoms with E-state index in [9.17, 15) is 15.0 Å². The summed E-state index contributed by atoms with van der Waals surface area (Å²) >= 11 is 0. The Morgan fingerprint density at radius 2 is 1.92 bits per heavy atom. The number of carbonyl (C=O) groups is 1. The van der Waals surface area contributed by atoms with Gasteiger partial charge in [0.1, 0.15) is 11.4 Å². The number of nitrogens with zero attached hydrogens (tertiary/aromatic N) is 2. The lowest BCUT2D eigenvalue weighted by Gasteiger charge is -2.27. The van der Waals surface area contributed by atoms with E-state index in [0.717, 1.165) is 24.1 Å². The predicted octanol–water partition coefficient (Wildman–Crippen LogP) is 3.04. The summed E-state index contributed by atoms with van der Waals surface area (Å²) in [5.41, 5.74) is 1.15. The molecule has 1 aliphatic carbocycles. The second-order valence-electron chi connectivity index (χ2n) is 7.29. The summed E-state index contributed by atoms with van der Waals surface area (Å²) in [5.74, 6) is -0.101. The molecular weight excluding hydrogens is 316 g/mol. The van der Waals surface area contributed by atoms with Gasteiger partial charge in [-0.1, -0.05) is 37.3 Å². The summed E-state index contributed by atoms with van der Waals surface area (Å²) in [7, 11) is 0. The first-order valence-electron chi connectivity index (χ1n) is 8.76. The molecule has 1 saturated heterocycles. The van der Waals surface area contributed by atoms with Gasteiger partial charge in [0.05, 0.1) is 11.3 Å². The fraction of sp³-hybridized carbons (Fsp3) is 0.400. The molecule has 2 aromatic rings. The molecule has 0 bridgehead atoms. The van der Waals surface area contributed by atoms with Crippen LogP contribution >= 0.6 is 0 Å². The number of aromatic nitrogens is 1. The van der Waals surface area contributed by atoms with Crippen LogP contribution in [0.25, 0.3) is 11.3 Å². The van der Waals surface area contributed by atoms with E-state index in [-0.39, 0.29) is 11.5 Å². The number of β-amino-alcohol motifs (C(OH)–C–C–N with tert-alkyl or cyclic N) is 1. The Labute approximate surface area is 146 Å². The van der Waals surface area contributed by atoms with Crippen molar-refractivity contribution in [2.75, 3.05) is 18.0 Å². The molecule has 4 rings (SSSR count).